The fraction of sp³-hybridized carbons (Fsp3) is 0. The SMILES string of the molecule is N#Cc1cc(C=O)ccc1Oc1ccc(Cl)c(Cl)c1. The van der Waals surface area contributed by atoms with Gasteiger partial charge in [-0.05, 0) is 30.3 Å². The van der Waals surface area contributed by atoms with Crippen molar-refractivity contribution in [3.63, 3.8) is 0 Å². The lowest BCUT2D eigenvalue weighted by molar-refractivity contribution is 0.112. The summed E-state index contributed by atoms with van der Waals surface area (Å²) in [5.74, 6) is 0.816. The highest BCUT2D eigenvalue weighted by Crippen LogP contribution is 2.30. The monoisotopic (exact) mass is 291 g/mol. The van der Waals surface area contributed by atoms with Crippen LogP contribution in [0.25, 0.3) is 0 Å². The highest BCUT2D eigenvalue weighted by Gasteiger charge is 2.07. The highest BCUT2D eigenvalue weighted by atomic mass is 35.5. The largest absolute Gasteiger partial charge is 0.456 e. The Balaban J connectivity index is 2.35. The van der Waals surface area contributed by atoms with E-state index in [0.29, 0.717) is 33.4 Å². The van der Waals surface area contributed by atoms with Crippen LogP contribution >= 0.6 is 23.2 Å². The molecule has 0 aliphatic heterocycles. The normalized spacial score (nSPS) is 9.74. The number of nitrogens with zero attached hydrogens (tertiary/aromatic N) is 1. The molecule has 0 saturated heterocycles. The molecule has 0 spiro atoms. The average molecular weight is 292 g/mol. The number of ether oxygens (including phenoxy) is 1. The fourth-order valence-corrected chi connectivity index (χ4v) is 1.75. The van der Waals surface area contributed by atoms with Gasteiger partial charge in [0.05, 0.1) is 15.6 Å². The minimum absolute atomic E-state index is 0.274. The molecular formula is C14H7Cl2NO2. The van der Waals surface area contributed by atoms with Crippen LogP contribution in [-0.4, -0.2) is 6.29 Å². The molecule has 0 aromatic heterocycles. The Morgan fingerprint density at radius 3 is 2.53 bits per heavy atom. The van der Waals surface area contributed by atoms with Crippen LogP contribution in [0.3, 0.4) is 0 Å². The molecule has 5 heteroatoms. The Morgan fingerprint density at radius 2 is 1.89 bits per heavy atom. The molecule has 0 amide bonds. The van der Waals surface area contributed by atoms with E-state index in [2.05, 4.69) is 0 Å². The number of hydrogen-bond donors (Lipinski definition) is 0. The van der Waals surface area contributed by atoms with Gasteiger partial charge < -0.3 is 4.74 Å². The van der Waals surface area contributed by atoms with E-state index in [1.807, 2.05) is 6.07 Å². The summed E-state index contributed by atoms with van der Waals surface area (Å²) in [6.45, 7) is 0. The zero-order chi connectivity index (χ0) is 13.8. The van der Waals surface area contributed by atoms with E-state index in [9.17, 15) is 4.79 Å². The minimum atomic E-state index is 0.274. The summed E-state index contributed by atoms with van der Waals surface area (Å²) < 4.78 is 5.55. The first-order valence-electron chi connectivity index (χ1n) is 5.26. The van der Waals surface area contributed by atoms with Crippen LogP contribution in [0.5, 0.6) is 11.5 Å². The molecule has 0 fully saturated rings. The predicted molar refractivity (Wildman–Crippen MR) is 73.1 cm³/mol. The van der Waals surface area contributed by atoms with Crippen molar-refractivity contribution >= 4 is 29.5 Å². The van der Waals surface area contributed by atoms with Crippen LogP contribution in [0.15, 0.2) is 36.4 Å². The van der Waals surface area contributed by atoms with Crippen LogP contribution in [0.4, 0.5) is 0 Å². The first-order chi connectivity index (χ1) is 9.13. The van der Waals surface area contributed by atoms with Crippen molar-refractivity contribution in [3.8, 4) is 17.6 Å². The Morgan fingerprint density at radius 1 is 1.11 bits per heavy atom. The van der Waals surface area contributed by atoms with Gasteiger partial charge in [-0.25, -0.2) is 0 Å². The number of rotatable bonds is 3. The average Bonchev–Trinajstić information content (AvgIpc) is 2.43. The van der Waals surface area contributed by atoms with Crippen LogP contribution in [0.1, 0.15) is 15.9 Å². The second-order valence-electron chi connectivity index (χ2n) is 3.66. The number of halogens is 2. The molecule has 0 atom stereocenters. The van der Waals surface area contributed by atoms with Gasteiger partial charge >= 0.3 is 0 Å². The molecule has 2 rings (SSSR count). The van der Waals surface area contributed by atoms with Gasteiger partial charge in [0.25, 0.3) is 0 Å². The maximum Gasteiger partial charge on any atom is 0.150 e. The Bertz CT molecular complexity index is 678. The van der Waals surface area contributed by atoms with Crippen molar-refractivity contribution < 1.29 is 9.53 Å². The topological polar surface area (TPSA) is 50.1 Å². The minimum Gasteiger partial charge on any atom is -0.456 e. The Labute approximate surface area is 119 Å². The smallest absolute Gasteiger partial charge is 0.150 e. The lowest BCUT2D eigenvalue weighted by Crippen LogP contribution is -1.90. The van der Waals surface area contributed by atoms with E-state index in [0.717, 1.165) is 0 Å². The molecule has 0 unspecified atom stereocenters. The standard InChI is InChI=1S/C14H7Cl2NO2/c15-12-3-2-11(6-13(12)16)19-14-4-1-9(8-18)5-10(14)7-17/h1-6,8H. The number of nitriles is 1. The fourth-order valence-electron chi connectivity index (χ4n) is 1.46. The van der Waals surface area contributed by atoms with Crippen molar-refractivity contribution in [2.45, 2.75) is 0 Å². The zero-order valence-corrected chi connectivity index (χ0v) is 11.1. The van der Waals surface area contributed by atoms with Gasteiger partial charge in [0.2, 0.25) is 0 Å². The van der Waals surface area contributed by atoms with Crippen LogP contribution in [0, 0.1) is 11.3 Å². The molecule has 0 radical (unpaired) electrons. The van der Waals surface area contributed by atoms with Gasteiger partial charge in [-0.3, -0.25) is 4.79 Å². The van der Waals surface area contributed by atoms with E-state index < -0.39 is 0 Å². The predicted octanol–water partition coefficient (Wildman–Crippen LogP) is 4.47. The summed E-state index contributed by atoms with van der Waals surface area (Å²) in [5.41, 5.74) is 0.689. The first-order valence-corrected chi connectivity index (χ1v) is 6.02. The molecule has 0 bridgehead atoms. The van der Waals surface area contributed by atoms with Gasteiger partial charge in [-0.2, -0.15) is 5.26 Å². The molecular weight excluding hydrogens is 285 g/mol. The molecule has 0 aliphatic carbocycles. The maximum atomic E-state index is 10.6. The van der Waals surface area contributed by atoms with Gasteiger partial charge in [0.1, 0.15) is 23.9 Å². The molecule has 2 aromatic carbocycles. The third-order valence-electron chi connectivity index (χ3n) is 2.38. The van der Waals surface area contributed by atoms with E-state index in [1.165, 1.54) is 6.07 Å². The summed E-state index contributed by atoms with van der Waals surface area (Å²) in [6, 6.07) is 11.4. The Hall–Kier alpha value is -2.02. The molecule has 0 aliphatic rings. The third-order valence-corrected chi connectivity index (χ3v) is 3.12. The summed E-state index contributed by atoms with van der Waals surface area (Å²) in [4.78, 5) is 10.6. The van der Waals surface area contributed by atoms with Gasteiger partial charge in [0.15, 0.2) is 0 Å². The van der Waals surface area contributed by atoms with Crippen molar-refractivity contribution in [2.75, 3.05) is 0 Å². The van der Waals surface area contributed by atoms with E-state index in [4.69, 9.17) is 33.2 Å². The summed E-state index contributed by atoms with van der Waals surface area (Å²) >= 11 is 11.7. The van der Waals surface area contributed by atoms with E-state index >= 15 is 0 Å². The Kier molecular flexibility index (Phi) is 4.06. The molecule has 94 valence electrons. The van der Waals surface area contributed by atoms with Gasteiger partial charge in [-0.1, -0.05) is 23.2 Å². The van der Waals surface area contributed by atoms with Crippen molar-refractivity contribution in [1.82, 2.24) is 0 Å². The second kappa shape index (κ2) is 5.75. The molecule has 0 heterocycles. The van der Waals surface area contributed by atoms with Crippen molar-refractivity contribution in [1.29, 1.82) is 5.26 Å². The third kappa shape index (κ3) is 3.05. The van der Waals surface area contributed by atoms with E-state index in [1.54, 1.807) is 30.3 Å². The van der Waals surface area contributed by atoms with Crippen molar-refractivity contribution in [3.05, 3.63) is 57.6 Å². The molecule has 0 saturated carbocycles. The summed E-state index contributed by atoms with van der Waals surface area (Å²) in [5, 5.41) is 9.81. The second-order valence-corrected chi connectivity index (χ2v) is 4.48. The number of hydrogen-bond acceptors (Lipinski definition) is 3. The number of benzene rings is 2. The molecule has 19 heavy (non-hydrogen) atoms. The van der Waals surface area contributed by atoms with Crippen LogP contribution < -0.4 is 4.74 Å². The van der Waals surface area contributed by atoms with E-state index in [-0.39, 0.29) is 5.56 Å². The van der Waals surface area contributed by atoms with Crippen LogP contribution in [-0.2, 0) is 0 Å². The summed E-state index contributed by atoms with van der Waals surface area (Å²) in [6.07, 6.45) is 0.670. The van der Waals surface area contributed by atoms with Crippen molar-refractivity contribution in [2.24, 2.45) is 0 Å². The lowest BCUT2D eigenvalue weighted by Gasteiger charge is -2.08. The van der Waals surface area contributed by atoms with Crippen LogP contribution in [0.2, 0.25) is 10.0 Å². The molecule has 3 nitrogen and oxygen atoms in total. The number of carbonyl (C=O) groups is 1. The van der Waals surface area contributed by atoms with Gasteiger partial charge in [0, 0.05) is 11.6 Å². The highest BCUT2D eigenvalue weighted by molar-refractivity contribution is 6.42. The molecule has 0 N–H and O–H groups in total. The molecule has 2 aromatic rings. The number of aldehydes is 1. The number of carbonyl (C=O) groups excluding carboxylic acids is 1. The summed E-state index contributed by atoms with van der Waals surface area (Å²) in [7, 11) is 0. The van der Waals surface area contributed by atoms with Gasteiger partial charge in [-0.15, -0.1) is 0 Å². The quantitative estimate of drug-likeness (QED) is 0.784. The maximum absolute atomic E-state index is 10.6. The first kappa shape index (κ1) is 13.4. The zero-order valence-electron chi connectivity index (χ0n) is 9.56. The lowest BCUT2D eigenvalue weighted by atomic mass is 10.1.